The molecule has 0 saturated heterocycles. The first-order valence-electron chi connectivity index (χ1n) is 9.55. The van der Waals surface area contributed by atoms with Crippen molar-refractivity contribution in [3.8, 4) is 16.9 Å². The van der Waals surface area contributed by atoms with E-state index in [-0.39, 0.29) is 35.8 Å². The number of benzene rings is 1. The van der Waals surface area contributed by atoms with Gasteiger partial charge in [0.25, 0.3) is 5.91 Å². The molecule has 1 aliphatic heterocycles. The number of pyridine rings is 1. The molecular weight excluding hydrogens is 430 g/mol. The second-order valence-corrected chi connectivity index (χ2v) is 7.31. The summed E-state index contributed by atoms with van der Waals surface area (Å²) >= 11 is 0. The van der Waals surface area contributed by atoms with Crippen LogP contribution in [0.4, 0.5) is 17.6 Å². The van der Waals surface area contributed by atoms with Crippen LogP contribution in [0.15, 0.2) is 36.5 Å². The van der Waals surface area contributed by atoms with E-state index in [2.05, 4.69) is 15.0 Å². The van der Waals surface area contributed by atoms with Crippen LogP contribution < -0.4 is 5.73 Å². The lowest BCUT2D eigenvalue weighted by molar-refractivity contribution is -0.145. The monoisotopic (exact) mass is 447 g/mol. The number of amides is 1. The predicted octanol–water partition coefficient (Wildman–Crippen LogP) is 3.06. The van der Waals surface area contributed by atoms with Gasteiger partial charge in [-0.1, -0.05) is 6.07 Å². The molecule has 3 heterocycles. The van der Waals surface area contributed by atoms with Crippen molar-refractivity contribution in [1.82, 2.24) is 19.9 Å². The summed E-state index contributed by atoms with van der Waals surface area (Å²) in [6.45, 7) is 0.677. The summed E-state index contributed by atoms with van der Waals surface area (Å²) in [4.78, 5) is 24.7. The van der Waals surface area contributed by atoms with Crippen LogP contribution in [0, 0.1) is 5.82 Å². The maximum Gasteiger partial charge on any atom is 0.451 e. The Morgan fingerprint density at radius 1 is 1.22 bits per heavy atom. The molecule has 1 aliphatic rings. The number of aromatic hydroxyl groups is 1. The Hall–Kier alpha value is -3.60. The number of hydrogen-bond acceptors (Lipinski definition) is 6. The van der Waals surface area contributed by atoms with E-state index in [0.29, 0.717) is 29.8 Å². The number of phenols is 1. The number of rotatable bonds is 4. The maximum atomic E-state index is 14.5. The van der Waals surface area contributed by atoms with Crippen molar-refractivity contribution in [2.45, 2.75) is 25.7 Å². The van der Waals surface area contributed by atoms with Gasteiger partial charge in [0, 0.05) is 25.8 Å². The van der Waals surface area contributed by atoms with Gasteiger partial charge in [-0.3, -0.25) is 9.69 Å². The van der Waals surface area contributed by atoms with E-state index < -0.39 is 23.7 Å². The van der Waals surface area contributed by atoms with Gasteiger partial charge in [0.15, 0.2) is 0 Å². The summed E-state index contributed by atoms with van der Waals surface area (Å²) in [5, 5.41) is 10.2. The number of nitrogens with zero attached hydrogens (tertiary/aromatic N) is 4. The summed E-state index contributed by atoms with van der Waals surface area (Å²) in [6.07, 6.45) is -3.24. The average Bonchev–Trinajstić information content (AvgIpc) is 2.72. The second kappa shape index (κ2) is 8.15. The Balaban J connectivity index is 1.69. The Bertz CT molecular complexity index is 1180. The van der Waals surface area contributed by atoms with Crippen molar-refractivity contribution >= 4 is 5.91 Å². The third kappa shape index (κ3) is 4.24. The van der Waals surface area contributed by atoms with Crippen LogP contribution in [0.25, 0.3) is 11.1 Å². The van der Waals surface area contributed by atoms with Crippen LogP contribution in [0.5, 0.6) is 5.75 Å². The van der Waals surface area contributed by atoms with Crippen LogP contribution in [0.1, 0.15) is 33.3 Å². The SMILES string of the molecule is NC(=O)c1cc(-c2c(O)cccc2F)c2c(n1)CN(Cc1ccnc(C(F)(F)F)n1)CC2. The number of fused-ring (bicyclic) bond motifs is 1. The van der Waals surface area contributed by atoms with Crippen molar-refractivity contribution in [1.29, 1.82) is 0 Å². The number of alkyl halides is 3. The van der Waals surface area contributed by atoms with Crippen LogP contribution in [-0.4, -0.2) is 37.4 Å². The number of halogens is 4. The standard InChI is InChI=1S/C21H17F4N5O2/c22-14-2-1-3-17(31)18(14)13-8-15(19(26)32)29-16-10-30(7-5-12(13)16)9-11-4-6-27-20(28-11)21(23,24)25/h1-4,6,8,31H,5,7,9-10H2,(H2,26,32). The summed E-state index contributed by atoms with van der Waals surface area (Å²) in [5.74, 6) is -3.01. The van der Waals surface area contributed by atoms with Crippen LogP contribution in [0.3, 0.4) is 0 Å². The fourth-order valence-electron chi connectivity index (χ4n) is 3.71. The minimum atomic E-state index is -4.65. The molecule has 7 nitrogen and oxygen atoms in total. The highest BCUT2D eigenvalue weighted by Crippen LogP contribution is 2.37. The molecule has 4 rings (SSSR count). The highest BCUT2D eigenvalue weighted by atomic mass is 19.4. The quantitative estimate of drug-likeness (QED) is 0.596. The molecule has 0 bridgehead atoms. The maximum absolute atomic E-state index is 14.5. The van der Waals surface area contributed by atoms with Crippen molar-refractivity contribution in [3.63, 3.8) is 0 Å². The Morgan fingerprint density at radius 2 is 2.00 bits per heavy atom. The van der Waals surface area contributed by atoms with Gasteiger partial charge in [0.1, 0.15) is 17.3 Å². The molecule has 1 amide bonds. The molecule has 2 aromatic heterocycles. The van der Waals surface area contributed by atoms with E-state index in [9.17, 15) is 27.5 Å². The molecule has 3 aromatic rings. The van der Waals surface area contributed by atoms with Gasteiger partial charge in [-0.25, -0.2) is 19.3 Å². The van der Waals surface area contributed by atoms with Gasteiger partial charge >= 0.3 is 6.18 Å². The van der Waals surface area contributed by atoms with Crippen molar-refractivity contribution in [2.75, 3.05) is 6.54 Å². The van der Waals surface area contributed by atoms with E-state index in [1.807, 2.05) is 0 Å². The molecule has 3 N–H and O–H groups in total. The molecule has 1 aromatic carbocycles. The highest BCUT2D eigenvalue weighted by Gasteiger charge is 2.35. The molecule has 32 heavy (non-hydrogen) atoms. The number of aromatic nitrogens is 3. The number of primary amides is 1. The Labute approximate surface area is 179 Å². The van der Waals surface area contributed by atoms with Crippen LogP contribution in [-0.2, 0) is 25.7 Å². The molecule has 0 radical (unpaired) electrons. The fourth-order valence-corrected chi connectivity index (χ4v) is 3.71. The van der Waals surface area contributed by atoms with Crippen LogP contribution in [0.2, 0.25) is 0 Å². The Kier molecular flexibility index (Phi) is 5.51. The highest BCUT2D eigenvalue weighted by molar-refractivity contribution is 5.93. The van der Waals surface area contributed by atoms with E-state index >= 15 is 0 Å². The van der Waals surface area contributed by atoms with Gasteiger partial charge < -0.3 is 10.8 Å². The van der Waals surface area contributed by atoms with Gasteiger partial charge in [-0.15, -0.1) is 0 Å². The fraction of sp³-hybridized carbons (Fsp3) is 0.238. The van der Waals surface area contributed by atoms with Crippen molar-refractivity contribution in [3.05, 3.63) is 70.8 Å². The first kappa shape index (κ1) is 21.6. The van der Waals surface area contributed by atoms with E-state index in [1.165, 1.54) is 30.3 Å². The van der Waals surface area contributed by atoms with Gasteiger partial charge in [-0.05, 0) is 41.8 Å². The molecule has 0 aliphatic carbocycles. The second-order valence-electron chi connectivity index (χ2n) is 7.31. The molecule has 11 heteroatoms. The average molecular weight is 447 g/mol. The van der Waals surface area contributed by atoms with E-state index in [1.54, 1.807) is 4.90 Å². The smallest absolute Gasteiger partial charge is 0.451 e. The van der Waals surface area contributed by atoms with Gasteiger partial charge in [0.2, 0.25) is 5.82 Å². The van der Waals surface area contributed by atoms with Gasteiger partial charge in [0.05, 0.1) is 17.0 Å². The lowest BCUT2D eigenvalue weighted by atomic mass is 9.92. The topological polar surface area (TPSA) is 105 Å². The molecule has 0 fully saturated rings. The zero-order chi connectivity index (χ0) is 23.0. The number of carbonyl (C=O) groups is 1. The number of hydrogen-bond donors (Lipinski definition) is 2. The largest absolute Gasteiger partial charge is 0.507 e. The first-order valence-corrected chi connectivity index (χ1v) is 9.55. The summed E-state index contributed by atoms with van der Waals surface area (Å²) in [7, 11) is 0. The normalized spacial score (nSPS) is 14.2. The summed E-state index contributed by atoms with van der Waals surface area (Å²) in [6, 6.07) is 6.61. The first-order chi connectivity index (χ1) is 15.1. The zero-order valence-corrected chi connectivity index (χ0v) is 16.5. The van der Waals surface area contributed by atoms with Crippen molar-refractivity contribution < 1.29 is 27.5 Å². The number of phenolic OH excluding ortho intramolecular Hbond substituents is 1. The van der Waals surface area contributed by atoms with E-state index in [4.69, 9.17) is 5.73 Å². The van der Waals surface area contributed by atoms with Gasteiger partial charge in [-0.2, -0.15) is 13.2 Å². The van der Waals surface area contributed by atoms with E-state index in [0.717, 1.165) is 6.20 Å². The van der Waals surface area contributed by atoms with Crippen LogP contribution >= 0.6 is 0 Å². The molecule has 0 atom stereocenters. The summed E-state index contributed by atoms with van der Waals surface area (Å²) < 4.78 is 53.2. The molecule has 0 saturated carbocycles. The molecule has 166 valence electrons. The minimum Gasteiger partial charge on any atom is -0.507 e. The summed E-state index contributed by atoms with van der Waals surface area (Å²) in [5.41, 5.74) is 6.76. The number of nitrogens with two attached hydrogens (primary N) is 1. The third-order valence-corrected chi connectivity index (χ3v) is 5.13. The lowest BCUT2D eigenvalue weighted by Crippen LogP contribution is -2.32. The zero-order valence-electron chi connectivity index (χ0n) is 16.5. The minimum absolute atomic E-state index is 0.0623. The molecular formula is C21H17F4N5O2. The van der Waals surface area contributed by atoms with Crippen molar-refractivity contribution in [2.24, 2.45) is 5.73 Å². The Morgan fingerprint density at radius 3 is 2.69 bits per heavy atom. The molecule has 0 spiro atoms. The lowest BCUT2D eigenvalue weighted by Gasteiger charge is -2.29. The molecule has 0 unspecified atom stereocenters. The number of carbonyl (C=O) groups excluding carboxylic acids is 1. The third-order valence-electron chi connectivity index (χ3n) is 5.13. The predicted molar refractivity (Wildman–Crippen MR) is 105 cm³/mol.